The summed E-state index contributed by atoms with van der Waals surface area (Å²) in [5.41, 5.74) is 1.13. The highest BCUT2D eigenvalue weighted by molar-refractivity contribution is 9.10. The van der Waals surface area contributed by atoms with E-state index >= 15 is 0 Å². The maximum Gasteiger partial charge on any atom is 0.240 e. The van der Waals surface area contributed by atoms with E-state index in [1.54, 1.807) is 16.7 Å². The Morgan fingerprint density at radius 2 is 2.35 bits per heavy atom. The first kappa shape index (κ1) is 12.9. The van der Waals surface area contributed by atoms with E-state index in [4.69, 9.17) is 0 Å². The van der Waals surface area contributed by atoms with Crippen LogP contribution in [0, 0.1) is 0 Å². The third-order valence-corrected chi connectivity index (χ3v) is 4.47. The number of halogens is 1. The molecule has 0 aliphatic carbocycles. The first-order valence-electron chi connectivity index (χ1n) is 5.48. The topological polar surface area (TPSA) is 32.3 Å². The molecule has 92 valence electrons. The molecular weight excluding hydrogens is 300 g/mol. The average molecular weight is 315 g/mol. The van der Waals surface area contributed by atoms with Crippen LogP contribution in [0.25, 0.3) is 0 Å². The second-order valence-corrected chi connectivity index (χ2v) is 5.94. The molecule has 0 radical (unpaired) electrons. The fourth-order valence-corrected chi connectivity index (χ4v) is 3.12. The van der Waals surface area contributed by atoms with Crippen LogP contribution in [0.15, 0.2) is 28.7 Å². The van der Waals surface area contributed by atoms with Gasteiger partial charge in [0.05, 0.1) is 6.04 Å². The zero-order valence-electron chi connectivity index (χ0n) is 9.65. The molecule has 1 aromatic rings. The Hall–Kier alpha value is -0.520. The van der Waals surface area contributed by atoms with Crippen molar-refractivity contribution in [2.75, 3.05) is 18.7 Å². The van der Waals surface area contributed by atoms with E-state index in [0.717, 1.165) is 21.7 Å². The Labute approximate surface area is 114 Å². The standard InChI is InChI=1S/C12H15BrN2OS/c1-15(12(16)11-7-17-8-14-11)6-9-4-2-3-5-10(9)13/h2-5,11,14H,6-8H2,1H3/t11-/m0/s1. The number of carbonyl (C=O) groups is 1. The highest BCUT2D eigenvalue weighted by Crippen LogP contribution is 2.18. The average Bonchev–Trinajstić information content (AvgIpc) is 2.84. The van der Waals surface area contributed by atoms with Gasteiger partial charge in [-0.3, -0.25) is 10.1 Å². The summed E-state index contributed by atoms with van der Waals surface area (Å²) < 4.78 is 1.05. The summed E-state index contributed by atoms with van der Waals surface area (Å²) in [6.45, 7) is 0.642. The first-order chi connectivity index (χ1) is 8.18. The maximum atomic E-state index is 12.1. The van der Waals surface area contributed by atoms with Gasteiger partial charge in [0.1, 0.15) is 0 Å². The number of rotatable bonds is 3. The number of amides is 1. The summed E-state index contributed by atoms with van der Waals surface area (Å²) in [6, 6.07) is 7.97. The zero-order chi connectivity index (χ0) is 12.3. The van der Waals surface area contributed by atoms with E-state index in [0.29, 0.717) is 6.54 Å². The molecule has 1 saturated heterocycles. The van der Waals surface area contributed by atoms with Gasteiger partial charge in [0.2, 0.25) is 5.91 Å². The van der Waals surface area contributed by atoms with Gasteiger partial charge in [-0.15, -0.1) is 11.8 Å². The van der Waals surface area contributed by atoms with E-state index in [1.165, 1.54) is 0 Å². The van der Waals surface area contributed by atoms with Crippen LogP contribution >= 0.6 is 27.7 Å². The van der Waals surface area contributed by atoms with E-state index in [1.807, 2.05) is 31.3 Å². The lowest BCUT2D eigenvalue weighted by atomic mass is 10.2. The van der Waals surface area contributed by atoms with E-state index < -0.39 is 0 Å². The molecule has 1 N–H and O–H groups in total. The van der Waals surface area contributed by atoms with Crippen molar-refractivity contribution in [2.45, 2.75) is 12.6 Å². The molecule has 2 rings (SSSR count). The summed E-state index contributed by atoms with van der Waals surface area (Å²) in [5, 5.41) is 3.20. The number of hydrogen-bond acceptors (Lipinski definition) is 3. The third kappa shape index (κ3) is 3.24. The molecule has 1 aromatic carbocycles. The molecule has 1 fully saturated rings. The molecule has 1 aliphatic heterocycles. The van der Waals surface area contributed by atoms with Gasteiger partial charge in [0.15, 0.2) is 0 Å². The normalized spacial score (nSPS) is 19.3. The van der Waals surface area contributed by atoms with Crippen molar-refractivity contribution in [1.82, 2.24) is 10.2 Å². The van der Waals surface area contributed by atoms with Crippen LogP contribution in [0.2, 0.25) is 0 Å². The monoisotopic (exact) mass is 314 g/mol. The van der Waals surface area contributed by atoms with Gasteiger partial charge in [-0.2, -0.15) is 0 Å². The fraction of sp³-hybridized carbons (Fsp3) is 0.417. The molecular formula is C12H15BrN2OS. The number of hydrogen-bond donors (Lipinski definition) is 1. The second-order valence-electron chi connectivity index (χ2n) is 4.06. The minimum atomic E-state index is -0.0208. The van der Waals surface area contributed by atoms with Crippen LogP contribution in [0.5, 0.6) is 0 Å². The van der Waals surface area contributed by atoms with Crippen molar-refractivity contribution in [3.8, 4) is 0 Å². The lowest BCUT2D eigenvalue weighted by molar-refractivity contribution is -0.131. The SMILES string of the molecule is CN(Cc1ccccc1Br)C(=O)[C@@H]1CSCN1. The first-order valence-corrected chi connectivity index (χ1v) is 7.43. The summed E-state index contributed by atoms with van der Waals surface area (Å²) in [7, 11) is 1.85. The lowest BCUT2D eigenvalue weighted by Crippen LogP contribution is -2.42. The number of benzene rings is 1. The molecule has 5 heteroatoms. The Morgan fingerprint density at radius 1 is 1.59 bits per heavy atom. The highest BCUT2D eigenvalue weighted by atomic mass is 79.9. The molecule has 1 atom stereocenters. The molecule has 1 heterocycles. The van der Waals surface area contributed by atoms with E-state index in [9.17, 15) is 4.79 Å². The molecule has 0 bridgehead atoms. The molecule has 1 aliphatic rings. The van der Waals surface area contributed by atoms with Crippen molar-refractivity contribution in [2.24, 2.45) is 0 Å². The van der Waals surface area contributed by atoms with Crippen LogP contribution in [0.1, 0.15) is 5.56 Å². The van der Waals surface area contributed by atoms with Crippen LogP contribution in [0.3, 0.4) is 0 Å². The van der Waals surface area contributed by atoms with Gasteiger partial charge in [0.25, 0.3) is 0 Å². The van der Waals surface area contributed by atoms with Gasteiger partial charge in [-0.1, -0.05) is 34.1 Å². The van der Waals surface area contributed by atoms with E-state index in [-0.39, 0.29) is 11.9 Å². The molecule has 0 saturated carbocycles. The van der Waals surface area contributed by atoms with Crippen molar-refractivity contribution in [1.29, 1.82) is 0 Å². The molecule has 17 heavy (non-hydrogen) atoms. The molecule has 0 aromatic heterocycles. The maximum absolute atomic E-state index is 12.1. The molecule has 3 nitrogen and oxygen atoms in total. The van der Waals surface area contributed by atoms with Crippen LogP contribution in [0.4, 0.5) is 0 Å². The lowest BCUT2D eigenvalue weighted by Gasteiger charge is -2.21. The van der Waals surface area contributed by atoms with Crippen molar-refractivity contribution >= 4 is 33.6 Å². The number of nitrogens with zero attached hydrogens (tertiary/aromatic N) is 1. The van der Waals surface area contributed by atoms with E-state index in [2.05, 4.69) is 21.2 Å². The van der Waals surface area contributed by atoms with Gasteiger partial charge in [0, 0.05) is 29.7 Å². The predicted molar refractivity (Wildman–Crippen MR) is 74.9 cm³/mol. The number of carbonyl (C=O) groups excluding carboxylic acids is 1. The largest absolute Gasteiger partial charge is 0.340 e. The Morgan fingerprint density at radius 3 is 3.00 bits per heavy atom. The predicted octanol–water partition coefficient (Wildman–Crippen LogP) is 2.07. The molecule has 0 spiro atoms. The van der Waals surface area contributed by atoms with Crippen molar-refractivity contribution in [3.63, 3.8) is 0 Å². The Kier molecular flexibility index (Phi) is 4.48. The summed E-state index contributed by atoms with van der Waals surface area (Å²) >= 11 is 5.27. The minimum absolute atomic E-state index is 0.0208. The molecule has 1 amide bonds. The third-order valence-electron chi connectivity index (χ3n) is 2.76. The highest BCUT2D eigenvalue weighted by Gasteiger charge is 2.25. The Bertz CT molecular complexity index is 407. The van der Waals surface area contributed by atoms with Crippen molar-refractivity contribution in [3.05, 3.63) is 34.3 Å². The van der Waals surface area contributed by atoms with Crippen LogP contribution in [-0.2, 0) is 11.3 Å². The quantitative estimate of drug-likeness (QED) is 0.927. The number of thioether (sulfide) groups is 1. The smallest absolute Gasteiger partial charge is 0.240 e. The van der Waals surface area contributed by atoms with Crippen LogP contribution in [-0.4, -0.2) is 35.5 Å². The summed E-state index contributed by atoms with van der Waals surface area (Å²) in [6.07, 6.45) is 0. The fourth-order valence-electron chi connectivity index (χ4n) is 1.78. The van der Waals surface area contributed by atoms with Gasteiger partial charge in [-0.05, 0) is 11.6 Å². The van der Waals surface area contributed by atoms with Crippen molar-refractivity contribution < 1.29 is 4.79 Å². The summed E-state index contributed by atoms with van der Waals surface area (Å²) in [4.78, 5) is 13.9. The minimum Gasteiger partial charge on any atom is -0.340 e. The zero-order valence-corrected chi connectivity index (χ0v) is 12.1. The number of nitrogens with one attached hydrogen (secondary N) is 1. The van der Waals surface area contributed by atoms with Gasteiger partial charge in [-0.25, -0.2) is 0 Å². The number of likely N-dealkylation sites (N-methyl/N-ethyl adjacent to an activating group) is 1. The van der Waals surface area contributed by atoms with Crippen LogP contribution < -0.4 is 5.32 Å². The molecule has 0 unspecified atom stereocenters. The Balaban J connectivity index is 1.99. The van der Waals surface area contributed by atoms with Gasteiger partial charge < -0.3 is 4.90 Å². The van der Waals surface area contributed by atoms with Gasteiger partial charge >= 0.3 is 0 Å². The summed E-state index contributed by atoms with van der Waals surface area (Å²) in [5.74, 6) is 1.92. The second kappa shape index (κ2) is 5.89.